The number of carbonyl (C=O) groups excluding carboxylic acids is 1. The molecule has 0 atom stereocenters. The fourth-order valence-electron chi connectivity index (χ4n) is 1.48. The molecule has 1 N–H and O–H groups in total. The molecule has 2 aromatic heterocycles. The van der Waals surface area contributed by atoms with Gasteiger partial charge >= 0.3 is 0 Å². The van der Waals surface area contributed by atoms with Crippen LogP contribution < -0.4 is 10.1 Å². The number of aromatic nitrogens is 3. The van der Waals surface area contributed by atoms with Gasteiger partial charge in [-0.15, -0.1) is 0 Å². The van der Waals surface area contributed by atoms with Gasteiger partial charge in [0.15, 0.2) is 0 Å². The summed E-state index contributed by atoms with van der Waals surface area (Å²) in [5, 5.41) is 6.28. The van der Waals surface area contributed by atoms with Gasteiger partial charge in [-0.05, 0) is 12.1 Å². The lowest BCUT2D eigenvalue weighted by atomic mass is 10.4. The van der Waals surface area contributed by atoms with Crippen LogP contribution in [0.15, 0.2) is 23.0 Å². The van der Waals surface area contributed by atoms with Gasteiger partial charge in [0.2, 0.25) is 5.76 Å². The van der Waals surface area contributed by atoms with Crippen molar-refractivity contribution in [2.24, 2.45) is 0 Å². The van der Waals surface area contributed by atoms with E-state index < -0.39 is 0 Å². The third-order valence-electron chi connectivity index (χ3n) is 2.48. The summed E-state index contributed by atoms with van der Waals surface area (Å²) >= 11 is 0. The molecule has 18 heavy (non-hydrogen) atoms. The standard InChI is InChI=1S/C11H14N4O3/c1-8-12-3-5-15(8)6-4-13-11(16)9-7-10(17-2)14-18-9/h3,5,7H,4,6H2,1-2H3,(H,13,16). The third-order valence-corrected chi connectivity index (χ3v) is 2.48. The van der Waals surface area contributed by atoms with Crippen LogP contribution >= 0.6 is 0 Å². The Hall–Kier alpha value is -2.31. The normalized spacial score (nSPS) is 10.3. The number of rotatable bonds is 5. The largest absolute Gasteiger partial charge is 0.479 e. The van der Waals surface area contributed by atoms with Gasteiger partial charge in [-0.3, -0.25) is 4.79 Å². The monoisotopic (exact) mass is 250 g/mol. The van der Waals surface area contributed by atoms with Crippen LogP contribution in [0.2, 0.25) is 0 Å². The zero-order valence-electron chi connectivity index (χ0n) is 10.2. The van der Waals surface area contributed by atoms with Gasteiger partial charge in [-0.1, -0.05) is 0 Å². The van der Waals surface area contributed by atoms with Crippen LogP contribution in [0.3, 0.4) is 0 Å². The van der Waals surface area contributed by atoms with E-state index in [4.69, 9.17) is 9.26 Å². The highest BCUT2D eigenvalue weighted by molar-refractivity contribution is 5.91. The van der Waals surface area contributed by atoms with Crippen LogP contribution in [0.25, 0.3) is 0 Å². The van der Waals surface area contributed by atoms with E-state index in [-0.39, 0.29) is 17.5 Å². The molecule has 0 aliphatic rings. The average Bonchev–Trinajstić information content (AvgIpc) is 2.98. The molecule has 0 aliphatic heterocycles. The van der Waals surface area contributed by atoms with Crippen molar-refractivity contribution in [1.82, 2.24) is 20.0 Å². The van der Waals surface area contributed by atoms with Gasteiger partial charge in [0.25, 0.3) is 11.8 Å². The summed E-state index contributed by atoms with van der Waals surface area (Å²) in [6, 6.07) is 1.44. The van der Waals surface area contributed by atoms with Gasteiger partial charge in [-0.25, -0.2) is 4.98 Å². The van der Waals surface area contributed by atoms with Crippen molar-refractivity contribution in [1.29, 1.82) is 0 Å². The molecule has 96 valence electrons. The highest BCUT2D eigenvalue weighted by atomic mass is 16.5. The maximum Gasteiger partial charge on any atom is 0.290 e. The molecule has 2 rings (SSSR count). The van der Waals surface area contributed by atoms with E-state index in [9.17, 15) is 4.79 Å². The van der Waals surface area contributed by atoms with Crippen molar-refractivity contribution < 1.29 is 14.1 Å². The number of hydrogen-bond donors (Lipinski definition) is 1. The molecule has 0 saturated heterocycles. The minimum atomic E-state index is -0.316. The van der Waals surface area contributed by atoms with Gasteiger partial charge in [0.1, 0.15) is 5.82 Å². The van der Waals surface area contributed by atoms with Crippen molar-refractivity contribution in [2.45, 2.75) is 13.5 Å². The minimum absolute atomic E-state index is 0.134. The molecule has 7 heteroatoms. The number of ether oxygens (including phenoxy) is 1. The van der Waals surface area contributed by atoms with Crippen LogP contribution in [-0.4, -0.2) is 34.3 Å². The van der Waals surface area contributed by atoms with E-state index in [2.05, 4.69) is 15.5 Å². The van der Waals surface area contributed by atoms with Crippen molar-refractivity contribution >= 4 is 5.91 Å². The number of carbonyl (C=O) groups is 1. The second-order valence-electron chi connectivity index (χ2n) is 3.66. The molecule has 0 unspecified atom stereocenters. The zero-order valence-corrected chi connectivity index (χ0v) is 10.2. The summed E-state index contributed by atoms with van der Waals surface area (Å²) in [5.74, 6) is 1.01. The molecule has 0 saturated carbocycles. The number of aryl methyl sites for hydroxylation is 1. The molecule has 0 fully saturated rings. The van der Waals surface area contributed by atoms with E-state index in [1.165, 1.54) is 13.2 Å². The second-order valence-corrected chi connectivity index (χ2v) is 3.66. The Balaban J connectivity index is 1.83. The Morgan fingerprint density at radius 3 is 3.06 bits per heavy atom. The average molecular weight is 250 g/mol. The maximum atomic E-state index is 11.7. The lowest BCUT2D eigenvalue weighted by Gasteiger charge is -2.05. The molecule has 0 spiro atoms. The number of nitrogens with one attached hydrogen (secondary N) is 1. The summed E-state index contributed by atoms with van der Waals surface area (Å²) < 4.78 is 11.6. The number of nitrogens with zero attached hydrogens (tertiary/aromatic N) is 3. The Labute approximate surface area is 104 Å². The first-order chi connectivity index (χ1) is 8.70. The van der Waals surface area contributed by atoms with Gasteiger partial charge < -0.3 is 19.1 Å². The molecular weight excluding hydrogens is 236 g/mol. The molecule has 0 aromatic carbocycles. The molecule has 0 bridgehead atoms. The van der Waals surface area contributed by atoms with E-state index in [0.717, 1.165) is 5.82 Å². The van der Waals surface area contributed by atoms with E-state index >= 15 is 0 Å². The first-order valence-corrected chi connectivity index (χ1v) is 5.47. The molecule has 0 radical (unpaired) electrons. The SMILES string of the molecule is COc1cc(C(=O)NCCn2ccnc2C)on1. The predicted octanol–water partition coefficient (Wildman–Crippen LogP) is 0.618. The van der Waals surface area contributed by atoms with Gasteiger partial charge in [0, 0.05) is 25.5 Å². The molecule has 2 heterocycles. The van der Waals surface area contributed by atoms with Crippen LogP contribution in [0, 0.1) is 6.92 Å². The fourth-order valence-corrected chi connectivity index (χ4v) is 1.48. The van der Waals surface area contributed by atoms with Crippen molar-refractivity contribution in [3.63, 3.8) is 0 Å². The smallest absolute Gasteiger partial charge is 0.290 e. The van der Waals surface area contributed by atoms with Crippen molar-refractivity contribution in [3.05, 3.63) is 30.0 Å². The summed E-state index contributed by atoms with van der Waals surface area (Å²) in [4.78, 5) is 15.8. The van der Waals surface area contributed by atoms with Crippen LogP contribution in [0.1, 0.15) is 16.4 Å². The second kappa shape index (κ2) is 5.35. The Morgan fingerprint density at radius 2 is 2.44 bits per heavy atom. The van der Waals surface area contributed by atoms with Crippen LogP contribution in [0.5, 0.6) is 5.88 Å². The van der Waals surface area contributed by atoms with Crippen LogP contribution in [0.4, 0.5) is 0 Å². The summed E-state index contributed by atoms with van der Waals surface area (Å²) in [5.41, 5.74) is 0. The number of imidazole rings is 1. The Bertz CT molecular complexity index is 532. The van der Waals surface area contributed by atoms with Gasteiger partial charge in [-0.2, -0.15) is 0 Å². The molecule has 1 amide bonds. The number of methoxy groups -OCH3 is 1. The zero-order chi connectivity index (χ0) is 13.0. The van der Waals surface area contributed by atoms with Crippen LogP contribution in [-0.2, 0) is 6.54 Å². The lowest BCUT2D eigenvalue weighted by Crippen LogP contribution is -2.27. The lowest BCUT2D eigenvalue weighted by molar-refractivity contribution is 0.0915. The Morgan fingerprint density at radius 1 is 1.61 bits per heavy atom. The van der Waals surface area contributed by atoms with Crippen molar-refractivity contribution in [2.75, 3.05) is 13.7 Å². The summed E-state index contributed by atoms with van der Waals surface area (Å²) in [7, 11) is 1.46. The third kappa shape index (κ3) is 2.68. The van der Waals surface area contributed by atoms with Gasteiger partial charge in [0.05, 0.1) is 13.2 Å². The fraction of sp³-hybridized carbons (Fsp3) is 0.364. The summed E-state index contributed by atoms with van der Waals surface area (Å²) in [6.07, 6.45) is 3.58. The van der Waals surface area contributed by atoms with Crippen molar-refractivity contribution in [3.8, 4) is 5.88 Å². The molecular formula is C11H14N4O3. The number of hydrogen-bond acceptors (Lipinski definition) is 5. The highest BCUT2D eigenvalue weighted by Gasteiger charge is 2.12. The molecule has 7 nitrogen and oxygen atoms in total. The van der Waals surface area contributed by atoms with E-state index in [0.29, 0.717) is 13.1 Å². The topological polar surface area (TPSA) is 82.2 Å². The van der Waals surface area contributed by atoms with E-state index in [1.54, 1.807) is 6.20 Å². The first kappa shape index (κ1) is 12.2. The minimum Gasteiger partial charge on any atom is -0.479 e. The first-order valence-electron chi connectivity index (χ1n) is 5.47. The molecule has 0 aliphatic carbocycles. The summed E-state index contributed by atoms with van der Waals surface area (Å²) in [6.45, 7) is 3.05. The number of amides is 1. The predicted molar refractivity (Wildman–Crippen MR) is 62.4 cm³/mol. The molecule has 2 aromatic rings. The van der Waals surface area contributed by atoms with E-state index in [1.807, 2.05) is 17.7 Å². The highest BCUT2D eigenvalue weighted by Crippen LogP contribution is 2.09. The quantitative estimate of drug-likeness (QED) is 0.841. The Kier molecular flexibility index (Phi) is 3.61. The maximum absolute atomic E-state index is 11.7.